The quantitative estimate of drug-likeness (QED) is 0.771. The van der Waals surface area contributed by atoms with Gasteiger partial charge in [-0.2, -0.15) is 4.31 Å². The molecule has 1 aromatic rings. The van der Waals surface area contributed by atoms with E-state index in [1.807, 2.05) is 0 Å². The Hall–Kier alpha value is -1.47. The number of carbonyl (C=O) groups is 1. The summed E-state index contributed by atoms with van der Waals surface area (Å²) in [6.07, 6.45) is 8.93. The van der Waals surface area contributed by atoms with Crippen molar-refractivity contribution in [2.24, 2.45) is 29.1 Å². The predicted octanol–water partition coefficient (Wildman–Crippen LogP) is 3.56. The first-order chi connectivity index (χ1) is 14.3. The Balaban J connectivity index is 1.16. The van der Waals surface area contributed by atoms with E-state index in [0.29, 0.717) is 18.3 Å². The molecule has 1 aliphatic heterocycles. The molecule has 0 atom stereocenters. The average Bonchev–Trinajstić information content (AvgIpc) is 2.71. The molecule has 4 bridgehead atoms. The van der Waals surface area contributed by atoms with Crippen LogP contribution < -0.4 is 5.32 Å². The number of sulfonamides is 1. The van der Waals surface area contributed by atoms with E-state index < -0.39 is 15.8 Å². The van der Waals surface area contributed by atoms with Crippen molar-refractivity contribution in [1.29, 1.82) is 0 Å². The lowest BCUT2D eigenvalue weighted by molar-refractivity contribution is -0.128. The molecule has 5 fully saturated rings. The van der Waals surface area contributed by atoms with Crippen LogP contribution in [0.4, 0.5) is 4.39 Å². The van der Waals surface area contributed by atoms with Gasteiger partial charge >= 0.3 is 0 Å². The van der Waals surface area contributed by atoms with Gasteiger partial charge in [-0.1, -0.05) is 12.1 Å². The molecular weight excluding hydrogens is 403 g/mol. The van der Waals surface area contributed by atoms with Gasteiger partial charge in [0.1, 0.15) is 10.7 Å². The largest absolute Gasteiger partial charge is 0.355 e. The molecule has 0 unspecified atom stereocenters. The number of carbonyl (C=O) groups excluding carboxylic acids is 1. The fraction of sp³-hybridized carbons (Fsp3) is 0.696. The summed E-state index contributed by atoms with van der Waals surface area (Å²) in [5.41, 5.74) is 0.305. The Morgan fingerprint density at radius 3 is 2.17 bits per heavy atom. The van der Waals surface area contributed by atoms with Crippen molar-refractivity contribution in [2.45, 2.75) is 56.3 Å². The second-order valence-electron chi connectivity index (χ2n) is 10.2. The summed E-state index contributed by atoms with van der Waals surface area (Å²) in [4.78, 5) is 12.5. The minimum absolute atomic E-state index is 0.0636. The Morgan fingerprint density at radius 2 is 1.60 bits per heavy atom. The van der Waals surface area contributed by atoms with Gasteiger partial charge in [-0.25, -0.2) is 12.8 Å². The molecule has 0 aromatic heterocycles. The topological polar surface area (TPSA) is 66.5 Å². The van der Waals surface area contributed by atoms with E-state index in [0.717, 1.165) is 30.4 Å². The minimum atomic E-state index is -3.86. The monoisotopic (exact) mass is 434 g/mol. The van der Waals surface area contributed by atoms with Crippen LogP contribution in [0.2, 0.25) is 0 Å². The number of rotatable bonds is 5. The molecular formula is C23H31FN2O3S. The highest BCUT2D eigenvalue weighted by Crippen LogP contribution is 2.59. The Kier molecular flexibility index (Phi) is 5.17. The maximum Gasteiger partial charge on any atom is 0.245 e. The SMILES string of the molecule is O=C(NCC12CC3CC(CC(C3)C1)C2)C1CCN(S(=O)(=O)c2ccccc2F)CC1. The van der Waals surface area contributed by atoms with Gasteiger partial charge in [-0.05, 0) is 86.7 Å². The summed E-state index contributed by atoms with van der Waals surface area (Å²) in [6.45, 7) is 1.29. The molecule has 0 radical (unpaired) electrons. The second kappa shape index (κ2) is 7.59. The molecule has 7 heteroatoms. The molecule has 1 heterocycles. The van der Waals surface area contributed by atoms with Crippen molar-refractivity contribution in [3.8, 4) is 0 Å². The first-order valence-corrected chi connectivity index (χ1v) is 12.8. The van der Waals surface area contributed by atoms with E-state index >= 15 is 0 Å². The highest BCUT2D eigenvalue weighted by Gasteiger charge is 2.50. The van der Waals surface area contributed by atoms with Crippen LogP contribution in [-0.4, -0.2) is 38.3 Å². The molecule has 1 saturated heterocycles. The Bertz CT molecular complexity index is 889. The molecule has 1 N–H and O–H groups in total. The van der Waals surface area contributed by atoms with Gasteiger partial charge in [0.15, 0.2) is 0 Å². The summed E-state index contributed by atoms with van der Waals surface area (Å²) in [5, 5.41) is 3.24. The third-order valence-electron chi connectivity index (χ3n) is 8.08. The van der Waals surface area contributed by atoms with Crippen LogP contribution in [0.15, 0.2) is 29.2 Å². The maximum absolute atomic E-state index is 14.0. The van der Waals surface area contributed by atoms with Crippen LogP contribution in [0.3, 0.4) is 0 Å². The number of nitrogens with zero attached hydrogens (tertiary/aromatic N) is 1. The average molecular weight is 435 g/mol. The fourth-order valence-corrected chi connectivity index (χ4v) is 8.61. The van der Waals surface area contributed by atoms with Gasteiger partial charge in [0.05, 0.1) is 0 Å². The van der Waals surface area contributed by atoms with Crippen molar-refractivity contribution in [1.82, 2.24) is 9.62 Å². The predicted molar refractivity (Wildman–Crippen MR) is 111 cm³/mol. The third-order valence-corrected chi connectivity index (χ3v) is 10.0. The smallest absolute Gasteiger partial charge is 0.245 e. The highest BCUT2D eigenvalue weighted by atomic mass is 32.2. The zero-order valence-corrected chi connectivity index (χ0v) is 18.2. The summed E-state index contributed by atoms with van der Waals surface area (Å²) in [7, 11) is -3.86. The lowest BCUT2D eigenvalue weighted by atomic mass is 9.49. The van der Waals surface area contributed by atoms with Gasteiger partial charge in [-0.15, -0.1) is 0 Å². The van der Waals surface area contributed by atoms with Crippen LogP contribution in [-0.2, 0) is 14.8 Å². The zero-order chi connectivity index (χ0) is 20.9. The third kappa shape index (κ3) is 3.68. The van der Waals surface area contributed by atoms with Gasteiger partial charge in [0.25, 0.3) is 0 Å². The second-order valence-corrected chi connectivity index (χ2v) is 12.2. The molecule has 4 saturated carbocycles. The number of benzene rings is 1. The number of hydrogen-bond donors (Lipinski definition) is 1. The van der Waals surface area contributed by atoms with Crippen molar-refractivity contribution >= 4 is 15.9 Å². The standard InChI is InChI=1S/C23H31FN2O3S/c24-20-3-1-2-4-21(20)30(28,29)26-7-5-19(6-8-26)22(27)25-15-23-12-16-9-17(13-23)11-18(10-16)14-23/h1-4,16-19H,5-15H2,(H,25,27). The molecule has 6 rings (SSSR count). The first-order valence-electron chi connectivity index (χ1n) is 11.4. The van der Waals surface area contributed by atoms with Gasteiger partial charge in [0.2, 0.25) is 15.9 Å². The summed E-state index contributed by atoms with van der Waals surface area (Å²) >= 11 is 0. The van der Waals surface area contributed by atoms with Crippen molar-refractivity contribution in [3.05, 3.63) is 30.1 Å². The Labute approximate surface area is 178 Å². The van der Waals surface area contributed by atoms with E-state index in [1.54, 1.807) is 0 Å². The van der Waals surface area contributed by atoms with Crippen LogP contribution in [0.5, 0.6) is 0 Å². The zero-order valence-electron chi connectivity index (χ0n) is 17.4. The lowest BCUT2D eigenvalue weighted by Gasteiger charge is -2.57. The maximum atomic E-state index is 14.0. The minimum Gasteiger partial charge on any atom is -0.355 e. The summed E-state index contributed by atoms with van der Waals surface area (Å²) in [5.74, 6) is 1.76. The van der Waals surface area contributed by atoms with Crippen molar-refractivity contribution in [2.75, 3.05) is 19.6 Å². The van der Waals surface area contributed by atoms with E-state index in [1.165, 1.54) is 61.0 Å². The number of halogens is 1. The Morgan fingerprint density at radius 1 is 1.03 bits per heavy atom. The van der Waals surface area contributed by atoms with E-state index in [2.05, 4.69) is 5.32 Å². The summed E-state index contributed by atoms with van der Waals surface area (Å²) in [6, 6.07) is 5.47. The molecule has 5 aliphatic rings. The number of amides is 1. The fourth-order valence-electron chi connectivity index (χ4n) is 7.08. The molecule has 0 spiro atoms. The van der Waals surface area contributed by atoms with Crippen LogP contribution in [0.1, 0.15) is 51.4 Å². The van der Waals surface area contributed by atoms with E-state index in [-0.39, 0.29) is 29.8 Å². The number of nitrogens with one attached hydrogen (secondary N) is 1. The van der Waals surface area contributed by atoms with Gasteiger partial charge < -0.3 is 5.32 Å². The lowest BCUT2D eigenvalue weighted by Crippen LogP contribution is -2.52. The van der Waals surface area contributed by atoms with Crippen LogP contribution in [0.25, 0.3) is 0 Å². The van der Waals surface area contributed by atoms with Crippen LogP contribution in [0, 0.1) is 34.9 Å². The number of piperidine rings is 1. The number of hydrogen-bond acceptors (Lipinski definition) is 3. The van der Waals surface area contributed by atoms with Crippen LogP contribution >= 0.6 is 0 Å². The van der Waals surface area contributed by atoms with E-state index in [9.17, 15) is 17.6 Å². The normalized spacial score (nSPS) is 34.2. The van der Waals surface area contributed by atoms with Gasteiger partial charge in [0, 0.05) is 25.6 Å². The molecule has 1 aromatic carbocycles. The molecule has 4 aliphatic carbocycles. The molecule has 164 valence electrons. The molecule has 5 nitrogen and oxygen atoms in total. The van der Waals surface area contributed by atoms with Gasteiger partial charge in [-0.3, -0.25) is 4.79 Å². The van der Waals surface area contributed by atoms with E-state index in [4.69, 9.17) is 0 Å². The first kappa shape index (κ1) is 20.4. The van der Waals surface area contributed by atoms with Crippen molar-refractivity contribution < 1.29 is 17.6 Å². The van der Waals surface area contributed by atoms with Crippen molar-refractivity contribution in [3.63, 3.8) is 0 Å². The highest BCUT2D eigenvalue weighted by molar-refractivity contribution is 7.89. The molecule has 1 amide bonds. The molecule has 30 heavy (non-hydrogen) atoms. The summed E-state index contributed by atoms with van der Waals surface area (Å²) < 4.78 is 40.8.